The lowest BCUT2D eigenvalue weighted by Crippen LogP contribution is -2.18. The molecule has 1 aliphatic rings. The standard InChI is InChI=1S/C21H32O3Si/c1-23-20-11-7-17(8-12-20)14-24-15-19(6-5-13-22)21(18-9-10-18)16-25(2,3)4/h6-8,11-12,16,18,22H,5,9-10,13-15H2,1-4H3/b19-6-,21-16+. The smallest absolute Gasteiger partial charge is 0.118 e. The molecule has 0 atom stereocenters. The normalized spacial score (nSPS) is 16.2. The lowest BCUT2D eigenvalue weighted by Gasteiger charge is -2.18. The fourth-order valence-electron chi connectivity index (χ4n) is 2.83. The molecule has 0 amide bonds. The highest BCUT2D eigenvalue weighted by molar-refractivity contribution is 6.81. The van der Waals surface area contributed by atoms with Gasteiger partial charge in [0.05, 0.1) is 28.4 Å². The van der Waals surface area contributed by atoms with Crippen molar-refractivity contribution in [2.24, 2.45) is 5.92 Å². The van der Waals surface area contributed by atoms with Crippen LogP contribution in [0.15, 0.2) is 47.2 Å². The van der Waals surface area contributed by atoms with Gasteiger partial charge in [-0.25, -0.2) is 0 Å². The van der Waals surface area contributed by atoms with Crippen molar-refractivity contribution in [1.29, 1.82) is 0 Å². The number of rotatable bonds is 10. The van der Waals surface area contributed by atoms with Gasteiger partial charge in [-0.3, -0.25) is 0 Å². The van der Waals surface area contributed by atoms with E-state index in [1.165, 1.54) is 24.0 Å². The first-order valence-electron chi connectivity index (χ1n) is 9.16. The Bertz CT molecular complexity index is 593. The van der Waals surface area contributed by atoms with Gasteiger partial charge >= 0.3 is 0 Å². The molecule has 0 heterocycles. The molecule has 138 valence electrons. The number of ether oxygens (including phenoxy) is 2. The van der Waals surface area contributed by atoms with Crippen LogP contribution in [-0.4, -0.2) is 33.5 Å². The van der Waals surface area contributed by atoms with Crippen molar-refractivity contribution in [2.75, 3.05) is 20.3 Å². The third-order valence-corrected chi connectivity index (χ3v) is 5.36. The average Bonchev–Trinajstić information content (AvgIpc) is 3.41. The van der Waals surface area contributed by atoms with Crippen LogP contribution in [0, 0.1) is 5.92 Å². The van der Waals surface area contributed by atoms with Crippen molar-refractivity contribution in [3.8, 4) is 5.75 Å². The molecule has 1 saturated carbocycles. The second-order valence-electron chi connectivity index (χ2n) is 7.82. The number of aliphatic hydroxyl groups is 1. The molecule has 0 aliphatic heterocycles. The summed E-state index contributed by atoms with van der Waals surface area (Å²) in [5.41, 5.74) is 6.41. The van der Waals surface area contributed by atoms with Crippen molar-refractivity contribution in [3.05, 3.63) is 52.8 Å². The highest BCUT2D eigenvalue weighted by Crippen LogP contribution is 2.41. The number of methoxy groups -OCH3 is 1. The Morgan fingerprint density at radius 3 is 2.40 bits per heavy atom. The second kappa shape index (κ2) is 9.37. The van der Waals surface area contributed by atoms with E-state index in [2.05, 4.69) is 31.4 Å². The molecule has 0 bridgehead atoms. The van der Waals surface area contributed by atoms with Gasteiger partial charge in [0.25, 0.3) is 0 Å². The maximum atomic E-state index is 9.23. The zero-order valence-corrected chi connectivity index (χ0v) is 17.0. The third kappa shape index (κ3) is 7.18. The number of hydrogen-bond acceptors (Lipinski definition) is 3. The SMILES string of the molecule is COc1ccc(COCC(=C/CCO)/C(=C/[Si](C)(C)C)C2CC2)cc1. The molecule has 1 aromatic rings. The van der Waals surface area contributed by atoms with Gasteiger partial charge in [-0.05, 0) is 54.0 Å². The monoisotopic (exact) mass is 360 g/mol. The Hall–Kier alpha value is -1.36. The first-order valence-corrected chi connectivity index (χ1v) is 12.7. The first kappa shape index (κ1) is 20.0. The van der Waals surface area contributed by atoms with Gasteiger partial charge in [-0.1, -0.05) is 43.5 Å². The summed E-state index contributed by atoms with van der Waals surface area (Å²) in [6.07, 6.45) is 5.42. The molecule has 2 rings (SSSR count). The summed E-state index contributed by atoms with van der Waals surface area (Å²) in [6, 6.07) is 8.00. The summed E-state index contributed by atoms with van der Waals surface area (Å²) in [5.74, 6) is 1.56. The fraction of sp³-hybridized carbons (Fsp3) is 0.524. The highest BCUT2D eigenvalue weighted by Gasteiger charge is 2.29. The summed E-state index contributed by atoms with van der Waals surface area (Å²) in [4.78, 5) is 0. The van der Waals surface area contributed by atoms with E-state index < -0.39 is 8.07 Å². The molecule has 0 unspecified atom stereocenters. The summed E-state index contributed by atoms with van der Waals surface area (Å²) in [6.45, 7) is 8.50. The van der Waals surface area contributed by atoms with Crippen molar-refractivity contribution in [1.82, 2.24) is 0 Å². The van der Waals surface area contributed by atoms with Gasteiger partial charge in [-0.15, -0.1) is 0 Å². The van der Waals surface area contributed by atoms with Crippen LogP contribution in [-0.2, 0) is 11.3 Å². The van der Waals surface area contributed by atoms with Gasteiger partial charge in [0, 0.05) is 6.61 Å². The zero-order valence-electron chi connectivity index (χ0n) is 16.0. The van der Waals surface area contributed by atoms with Crippen molar-refractivity contribution in [2.45, 2.75) is 45.5 Å². The number of benzene rings is 1. The summed E-state index contributed by atoms with van der Waals surface area (Å²) in [7, 11) is 0.381. The summed E-state index contributed by atoms with van der Waals surface area (Å²) < 4.78 is 11.2. The highest BCUT2D eigenvalue weighted by atomic mass is 28.3. The third-order valence-electron chi connectivity index (χ3n) is 4.18. The van der Waals surface area contributed by atoms with E-state index in [0.717, 1.165) is 11.3 Å². The maximum Gasteiger partial charge on any atom is 0.118 e. The average molecular weight is 361 g/mol. The van der Waals surface area contributed by atoms with E-state index in [1.807, 2.05) is 24.3 Å². The lowest BCUT2D eigenvalue weighted by molar-refractivity contribution is 0.143. The van der Waals surface area contributed by atoms with Gasteiger partial charge < -0.3 is 14.6 Å². The van der Waals surface area contributed by atoms with E-state index in [0.29, 0.717) is 25.6 Å². The van der Waals surface area contributed by atoms with Crippen LogP contribution >= 0.6 is 0 Å². The Labute approximate surface area is 153 Å². The molecule has 0 aromatic heterocycles. The molecule has 1 N–H and O–H groups in total. The molecule has 0 radical (unpaired) electrons. The maximum absolute atomic E-state index is 9.23. The summed E-state index contributed by atoms with van der Waals surface area (Å²) >= 11 is 0. The van der Waals surface area contributed by atoms with E-state index in [4.69, 9.17) is 9.47 Å². The van der Waals surface area contributed by atoms with Gasteiger partial charge in [0.1, 0.15) is 5.75 Å². The van der Waals surface area contributed by atoms with Crippen LogP contribution in [0.2, 0.25) is 19.6 Å². The minimum atomic E-state index is -1.29. The quantitative estimate of drug-likeness (QED) is 0.484. The minimum Gasteiger partial charge on any atom is -0.497 e. The van der Waals surface area contributed by atoms with E-state index in [1.54, 1.807) is 7.11 Å². The predicted molar refractivity (Wildman–Crippen MR) is 107 cm³/mol. The first-order chi connectivity index (χ1) is 11.9. The van der Waals surface area contributed by atoms with E-state index >= 15 is 0 Å². The largest absolute Gasteiger partial charge is 0.497 e. The predicted octanol–water partition coefficient (Wildman–Crippen LogP) is 4.73. The molecule has 25 heavy (non-hydrogen) atoms. The van der Waals surface area contributed by atoms with E-state index in [-0.39, 0.29) is 6.61 Å². The van der Waals surface area contributed by atoms with Crippen LogP contribution in [0.5, 0.6) is 5.75 Å². The molecule has 1 fully saturated rings. The molecular weight excluding hydrogens is 328 g/mol. The molecular formula is C21H32O3Si. The lowest BCUT2D eigenvalue weighted by atomic mass is 10.0. The van der Waals surface area contributed by atoms with Crippen molar-refractivity contribution in [3.63, 3.8) is 0 Å². The van der Waals surface area contributed by atoms with Gasteiger partial charge in [0.2, 0.25) is 0 Å². The van der Waals surface area contributed by atoms with Gasteiger partial charge in [-0.2, -0.15) is 0 Å². The van der Waals surface area contributed by atoms with Crippen molar-refractivity contribution < 1.29 is 14.6 Å². The molecule has 4 heteroatoms. The molecule has 0 spiro atoms. The number of aliphatic hydroxyl groups excluding tert-OH is 1. The molecule has 0 saturated heterocycles. The van der Waals surface area contributed by atoms with Crippen LogP contribution in [0.1, 0.15) is 24.8 Å². The van der Waals surface area contributed by atoms with Crippen LogP contribution in [0.25, 0.3) is 0 Å². The van der Waals surface area contributed by atoms with Gasteiger partial charge in [0.15, 0.2) is 0 Å². The Kier molecular flexibility index (Phi) is 7.48. The number of hydrogen-bond donors (Lipinski definition) is 1. The molecule has 1 aliphatic carbocycles. The molecule has 1 aromatic carbocycles. The van der Waals surface area contributed by atoms with Crippen molar-refractivity contribution >= 4 is 8.07 Å². The minimum absolute atomic E-state index is 0.187. The Morgan fingerprint density at radius 2 is 1.88 bits per heavy atom. The van der Waals surface area contributed by atoms with E-state index in [9.17, 15) is 5.11 Å². The zero-order chi connectivity index (χ0) is 18.3. The topological polar surface area (TPSA) is 38.7 Å². The molecule has 3 nitrogen and oxygen atoms in total. The Morgan fingerprint density at radius 1 is 1.20 bits per heavy atom. The van der Waals surface area contributed by atoms with Crippen LogP contribution in [0.4, 0.5) is 0 Å². The summed E-state index contributed by atoms with van der Waals surface area (Å²) in [5, 5.41) is 9.23. The van der Waals surface area contributed by atoms with Crippen LogP contribution in [0.3, 0.4) is 0 Å². The van der Waals surface area contributed by atoms with Crippen LogP contribution < -0.4 is 4.74 Å². The second-order valence-corrected chi connectivity index (χ2v) is 12.8. The fourth-order valence-corrected chi connectivity index (χ4v) is 4.19. The Balaban J connectivity index is 2.02.